The molecular formula is C8H13BrO2. The molecule has 0 aromatic heterocycles. The average molecular weight is 221 g/mol. The van der Waals surface area contributed by atoms with Gasteiger partial charge in [-0.05, 0) is 12.3 Å². The molecule has 0 rings (SSSR count). The van der Waals surface area contributed by atoms with E-state index in [1.54, 1.807) is 6.08 Å². The molecule has 64 valence electrons. The number of hydrogen-bond acceptors (Lipinski definition) is 1. The number of allylic oxidation sites excluding steroid dienone is 1. The number of aliphatic carboxylic acids is 1. The number of carboxylic acid groups (broad SMARTS) is 1. The summed E-state index contributed by atoms with van der Waals surface area (Å²) in [4.78, 5) is 9.99. The number of carboxylic acids is 1. The van der Waals surface area contributed by atoms with E-state index in [0.717, 1.165) is 12.8 Å². The highest BCUT2D eigenvalue weighted by Gasteiger charge is 2.21. The van der Waals surface area contributed by atoms with Crippen LogP contribution in [0.25, 0.3) is 0 Å². The summed E-state index contributed by atoms with van der Waals surface area (Å²) >= 11 is 3.10. The van der Waals surface area contributed by atoms with Crippen LogP contribution in [0.5, 0.6) is 0 Å². The van der Waals surface area contributed by atoms with Gasteiger partial charge in [0.05, 0.1) is 0 Å². The summed E-state index contributed by atoms with van der Waals surface area (Å²) in [6.45, 7) is 5.62. The lowest BCUT2D eigenvalue weighted by Gasteiger charge is -2.13. The van der Waals surface area contributed by atoms with E-state index in [0.29, 0.717) is 0 Å². The smallest absolute Gasteiger partial charge is 0.317 e. The highest BCUT2D eigenvalue weighted by atomic mass is 79.9. The molecule has 0 spiro atoms. The molecule has 0 aromatic carbocycles. The molecule has 0 aliphatic rings. The third-order valence-corrected chi connectivity index (χ3v) is 2.61. The second kappa shape index (κ2) is 5.35. The van der Waals surface area contributed by atoms with E-state index < -0.39 is 10.8 Å². The molecular weight excluding hydrogens is 208 g/mol. The summed E-state index contributed by atoms with van der Waals surface area (Å²) in [7, 11) is 0. The van der Waals surface area contributed by atoms with Gasteiger partial charge in [-0.2, -0.15) is 0 Å². The van der Waals surface area contributed by atoms with Gasteiger partial charge >= 0.3 is 5.97 Å². The molecule has 0 aliphatic carbocycles. The summed E-state index contributed by atoms with van der Waals surface area (Å²) in [5, 5.41) is 8.62. The maximum absolute atomic E-state index is 10.5. The summed E-state index contributed by atoms with van der Waals surface area (Å²) in [5.74, 6) is -0.777. The molecule has 0 aromatic rings. The Balaban J connectivity index is 4.01. The monoisotopic (exact) mass is 220 g/mol. The van der Waals surface area contributed by atoms with Crippen molar-refractivity contribution in [1.29, 1.82) is 0 Å². The van der Waals surface area contributed by atoms with Crippen molar-refractivity contribution in [1.82, 2.24) is 0 Å². The number of hydrogen-bond donors (Lipinski definition) is 1. The van der Waals surface area contributed by atoms with Gasteiger partial charge < -0.3 is 5.11 Å². The SMILES string of the molecule is C=CC(CCC)C(Br)C(=O)O. The van der Waals surface area contributed by atoms with Crippen molar-refractivity contribution in [3.8, 4) is 0 Å². The minimum Gasteiger partial charge on any atom is -0.480 e. The average Bonchev–Trinajstić information content (AvgIpc) is 1.98. The summed E-state index contributed by atoms with van der Waals surface area (Å²) in [5.41, 5.74) is 0. The van der Waals surface area contributed by atoms with E-state index in [9.17, 15) is 4.79 Å². The van der Waals surface area contributed by atoms with Gasteiger partial charge in [-0.15, -0.1) is 6.58 Å². The zero-order valence-corrected chi connectivity index (χ0v) is 8.17. The Morgan fingerprint density at radius 1 is 1.82 bits per heavy atom. The third-order valence-electron chi connectivity index (χ3n) is 1.54. The second-order valence-corrected chi connectivity index (χ2v) is 3.41. The van der Waals surface area contributed by atoms with Gasteiger partial charge in [-0.3, -0.25) is 4.79 Å². The van der Waals surface area contributed by atoms with E-state index in [-0.39, 0.29) is 5.92 Å². The first-order valence-electron chi connectivity index (χ1n) is 3.62. The minimum absolute atomic E-state index is 0.0394. The predicted molar refractivity (Wildman–Crippen MR) is 48.9 cm³/mol. The molecule has 0 amide bonds. The van der Waals surface area contributed by atoms with Crippen LogP contribution < -0.4 is 0 Å². The summed E-state index contributed by atoms with van der Waals surface area (Å²) < 4.78 is 0. The topological polar surface area (TPSA) is 37.3 Å². The summed E-state index contributed by atoms with van der Waals surface area (Å²) in [6.07, 6.45) is 3.54. The lowest BCUT2D eigenvalue weighted by atomic mass is 10.0. The van der Waals surface area contributed by atoms with Crippen LogP contribution >= 0.6 is 15.9 Å². The maximum atomic E-state index is 10.5. The summed E-state index contributed by atoms with van der Waals surface area (Å²) in [6, 6.07) is 0. The lowest BCUT2D eigenvalue weighted by molar-refractivity contribution is -0.136. The zero-order valence-electron chi connectivity index (χ0n) is 6.59. The second-order valence-electron chi connectivity index (χ2n) is 2.43. The van der Waals surface area contributed by atoms with Crippen molar-refractivity contribution in [2.75, 3.05) is 0 Å². The van der Waals surface area contributed by atoms with E-state index in [2.05, 4.69) is 22.5 Å². The Hall–Kier alpha value is -0.310. The molecule has 0 saturated heterocycles. The van der Waals surface area contributed by atoms with E-state index in [1.807, 2.05) is 6.92 Å². The first-order valence-corrected chi connectivity index (χ1v) is 4.54. The molecule has 0 radical (unpaired) electrons. The van der Waals surface area contributed by atoms with Gasteiger partial charge in [0.15, 0.2) is 0 Å². The lowest BCUT2D eigenvalue weighted by Crippen LogP contribution is -2.21. The van der Waals surface area contributed by atoms with E-state index >= 15 is 0 Å². The van der Waals surface area contributed by atoms with E-state index in [1.165, 1.54) is 0 Å². The fourth-order valence-electron chi connectivity index (χ4n) is 0.900. The molecule has 0 aliphatic heterocycles. The van der Waals surface area contributed by atoms with Gasteiger partial charge in [0.25, 0.3) is 0 Å². The largest absolute Gasteiger partial charge is 0.480 e. The van der Waals surface area contributed by atoms with Crippen molar-refractivity contribution in [3.63, 3.8) is 0 Å². The molecule has 0 heterocycles. The highest BCUT2D eigenvalue weighted by Crippen LogP contribution is 2.19. The fourth-order valence-corrected chi connectivity index (χ4v) is 1.38. The van der Waals surface area contributed by atoms with Crippen molar-refractivity contribution in [2.45, 2.75) is 24.6 Å². The fraction of sp³-hybridized carbons (Fsp3) is 0.625. The zero-order chi connectivity index (χ0) is 8.85. The molecule has 3 heteroatoms. The Morgan fingerprint density at radius 3 is 2.64 bits per heavy atom. The molecule has 2 nitrogen and oxygen atoms in total. The number of alkyl halides is 1. The molecule has 0 saturated carbocycles. The van der Waals surface area contributed by atoms with Crippen molar-refractivity contribution in [2.24, 2.45) is 5.92 Å². The minimum atomic E-state index is -0.816. The molecule has 0 fully saturated rings. The van der Waals surface area contributed by atoms with E-state index in [4.69, 9.17) is 5.11 Å². The molecule has 1 N–H and O–H groups in total. The first kappa shape index (κ1) is 10.7. The Bertz CT molecular complexity index is 145. The number of halogens is 1. The Labute approximate surface area is 75.4 Å². The van der Waals surface area contributed by atoms with Crippen LogP contribution in [0.1, 0.15) is 19.8 Å². The van der Waals surface area contributed by atoms with Gasteiger partial charge in [0.1, 0.15) is 4.83 Å². The highest BCUT2D eigenvalue weighted by molar-refractivity contribution is 9.10. The third kappa shape index (κ3) is 3.56. The van der Waals surface area contributed by atoms with Crippen molar-refractivity contribution >= 4 is 21.9 Å². The van der Waals surface area contributed by atoms with Crippen LogP contribution in [0.4, 0.5) is 0 Å². The van der Waals surface area contributed by atoms with Crippen LogP contribution in [0.3, 0.4) is 0 Å². The molecule has 2 atom stereocenters. The maximum Gasteiger partial charge on any atom is 0.317 e. The van der Waals surface area contributed by atoms with Crippen LogP contribution in [0.15, 0.2) is 12.7 Å². The normalized spacial score (nSPS) is 15.5. The van der Waals surface area contributed by atoms with Gasteiger partial charge in [0.2, 0.25) is 0 Å². The van der Waals surface area contributed by atoms with Crippen molar-refractivity contribution in [3.05, 3.63) is 12.7 Å². The van der Waals surface area contributed by atoms with Crippen LogP contribution in [-0.4, -0.2) is 15.9 Å². The quantitative estimate of drug-likeness (QED) is 0.571. The van der Waals surface area contributed by atoms with Gasteiger partial charge in [-0.25, -0.2) is 0 Å². The van der Waals surface area contributed by atoms with Crippen LogP contribution in [0, 0.1) is 5.92 Å². The van der Waals surface area contributed by atoms with Crippen LogP contribution in [0.2, 0.25) is 0 Å². The van der Waals surface area contributed by atoms with Crippen LogP contribution in [-0.2, 0) is 4.79 Å². The number of rotatable bonds is 5. The predicted octanol–water partition coefficient (Wildman–Crippen LogP) is 2.44. The molecule has 2 unspecified atom stereocenters. The first-order chi connectivity index (χ1) is 5.13. The Morgan fingerprint density at radius 2 is 2.36 bits per heavy atom. The standard InChI is InChI=1S/C8H13BrO2/c1-3-5-6(4-2)7(9)8(10)11/h4,6-7H,2-3,5H2,1H3,(H,10,11). The molecule has 0 bridgehead atoms. The van der Waals surface area contributed by atoms with Gasteiger partial charge in [-0.1, -0.05) is 35.4 Å². The Kier molecular flexibility index (Phi) is 5.20. The number of carbonyl (C=O) groups is 1. The molecule has 11 heavy (non-hydrogen) atoms. The van der Waals surface area contributed by atoms with Gasteiger partial charge in [0, 0.05) is 0 Å². The van der Waals surface area contributed by atoms with Crippen molar-refractivity contribution < 1.29 is 9.90 Å².